The molecule has 0 saturated heterocycles. The van der Waals surface area contributed by atoms with E-state index in [4.69, 9.17) is 5.73 Å². The Morgan fingerprint density at radius 2 is 2.00 bits per heavy atom. The summed E-state index contributed by atoms with van der Waals surface area (Å²) in [5, 5.41) is 0. The maximum atomic E-state index is 12.5. The monoisotopic (exact) mass is 260 g/mol. The molecule has 0 radical (unpaired) electrons. The fourth-order valence-electron chi connectivity index (χ4n) is 3.00. The first-order valence-corrected chi connectivity index (χ1v) is 7.14. The number of aryl methyl sites for hydroxylation is 1. The number of nitrogen functional groups attached to an aromatic ring is 1. The van der Waals surface area contributed by atoms with E-state index in [2.05, 4.69) is 6.92 Å². The summed E-state index contributed by atoms with van der Waals surface area (Å²) < 4.78 is 0. The molecule has 1 aliphatic carbocycles. The summed E-state index contributed by atoms with van der Waals surface area (Å²) in [5.41, 5.74) is 8.30. The number of amides is 1. The van der Waals surface area contributed by atoms with Crippen LogP contribution in [0.25, 0.3) is 0 Å². The highest BCUT2D eigenvalue weighted by molar-refractivity contribution is 5.95. The maximum Gasteiger partial charge on any atom is 0.253 e. The molecule has 1 aromatic rings. The van der Waals surface area contributed by atoms with Crippen LogP contribution in [0, 0.1) is 12.8 Å². The number of rotatable bonds is 2. The Bertz CT molecular complexity index is 470. The van der Waals surface area contributed by atoms with Crippen LogP contribution in [-0.2, 0) is 0 Å². The molecule has 3 heteroatoms. The standard InChI is InChI=1S/C16H24N2O/c1-11-8-9-13(10-14(11)17)16(19)18(3)15-7-5-4-6-12(15)2/h8-10,12,15H,4-7,17H2,1-3H3. The van der Waals surface area contributed by atoms with E-state index in [1.807, 2.05) is 31.0 Å². The molecule has 0 spiro atoms. The lowest BCUT2D eigenvalue weighted by Gasteiger charge is -2.36. The number of hydrogen-bond acceptors (Lipinski definition) is 2. The van der Waals surface area contributed by atoms with Crippen LogP contribution in [0.2, 0.25) is 0 Å². The van der Waals surface area contributed by atoms with Gasteiger partial charge in [-0.05, 0) is 43.4 Å². The third-order valence-electron chi connectivity index (χ3n) is 4.41. The molecule has 1 aromatic carbocycles. The zero-order valence-corrected chi connectivity index (χ0v) is 12.1. The van der Waals surface area contributed by atoms with Crippen LogP contribution >= 0.6 is 0 Å². The number of carbonyl (C=O) groups is 1. The lowest BCUT2D eigenvalue weighted by Crippen LogP contribution is -2.42. The highest BCUT2D eigenvalue weighted by Gasteiger charge is 2.28. The summed E-state index contributed by atoms with van der Waals surface area (Å²) in [6.45, 7) is 4.20. The summed E-state index contributed by atoms with van der Waals surface area (Å²) in [4.78, 5) is 14.4. The molecule has 0 bridgehead atoms. The first kappa shape index (κ1) is 13.9. The van der Waals surface area contributed by atoms with E-state index in [1.54, 1.807) is 6.07 Å². The number of hydrogen-bond donors (Lipinski definition) is 1. The van der Waals surface area contributed by atoms with E-state index in [1.165, 1.54) is 19.3 Å². The zero-order chi connectivity index (χ0) is 14.0. The van der Waals surface area contributed by atoms with Gasteiger partial charge in [-0.1, -0.05) is 25.8 Å². The molecule has 1 fully saturated rings. The van der Waals surface area contributed by atoms with Gasteiger partial charge < -0.3 is 10.6 Å². The van der Waals surface area contributed by atoms with Gasteiger partial charge >= 0.3 is 0 Å². The van der Waals surface area contributed by atoms with Crippen molar-refractivity contribution in [3.05, 3.63) is 29.3 Å². The SMILES string of the molecule is Cc1ccc(C(=O)N(C)C2CCCCC2C)cc1N. The average Bonchev–Trinajstić information content (AvgIpc) is 2.41. The Morgan fingerprint density at radius 1 is 1.32 bits per heavy atom. The van der Waals surface area contributed by atoms with E-state index >= 15 is 0 Å². The molecule has 0 aromatic heterocycles. The lowest BCUT2D eigenvalue weighted by molar-refractivity contribution is 0.0629. The quantitative estimate of drug-likeness (QED) is 0.830. The van der Waals surface area contributed by atoms with E-state index in [0.29, 0.717) is 23.2 Å². The van der Waals surface area contributed by atoms with Gasteiger partial charge in [-0.3, -0.25) is 4.79 Å². The highest BCUT2D eigenvalue weighted by Crippen LogP contribution is 2.28. The van der Waals surface area contributed by atoms with E-state index in [0.717, 1.165) is 12.0 Å². The molecule has 2 N–H and O–H groups in total. The number of benzene rings is 1. The fraction of sp³-hybridized carbons (Fsp3) is 0.562. The van der Waals surface area contributed by atoms with Crippen molar-refractivity contribution in [3.8, 4) is 0 Å². The molecule has 3 nitrogen and oxygen atoms in total. The van der Waals surface area contributed by atoms with Crippen LogP contribution in [-0.4, -0.2) is 23.9 Å². The van der Waals surface area contributed by atoms with Gasteiger partial charge in [-0.2, -0.15) is 0 Å². The summed E-state index contributed by atoms with van der Waals surface area (Å²) in [6.07, 6.45) is 4.85. The Hall–Kier alpha value is -1.51. The number of carbonyl (C=O) groups excluding carboxylic acids is 1. The Kier molecular flexibility index (Phi) is 4.13. The van der Waals surface area contributed by atoms with Crippen molar-refractivity contribution in [2.45, 2.75) is 45.6 Å². The second-order valence-electron chi connectivity index (χ2n) is 5.82. The van der Waals surface area contributed by atoms with Crippen LogP contribution in [0.5, 0.6) is 0 Å². The minimum Gasteiger partial charge on any atom is -0.398 e. The topological polar surface area (TPSA) is 46.3 Å². The average molecular weight is 260 g/mol. The third-order valence-corrected chi connectivity index (χ3v) is 4.41. The summed E-state index contributed by atoms with van der Waals surface area (Å²) >= 11 is 0. The van der Waals surface area contributed by atoms with Crippen molar-refractivity contribution in [1.29, 1.82) is 0 Å². The minimum atomic E-state index is 0.0884. The molecule has 2 atom stereocenters. The number of nitrogens with zero attached hydrogens (tertiary/aromatic N) is 1. The number of nitrogens with two attached hydrogens (primary N) is 1. The third kappa shape index (κ3) is 2.91. The minimum absolute atomic E-state index is 0.0884. The van der Waals surface area contributed by atoms with Crippen molar-refractivity contribution in [2.75, 3.05) is 12.8 Å². The van der Waals surface area contributed by atoms with Crippen LogP contribution in [0.3, 0.4) is 0 Å². The maximum absolute atomic E-state index is 12.5. The predicted octanol–water partition coefficient (Wildman–Crippen LogP) is 3.23. The molecule has 0 aliphatic heterocycles. The molecular formula is C16H24N2O. The van der Waals surface area contributed by atoms with Crippen molar-refractivity contribution in [2.24, 2.45) is 5.92 Å². The first-order chi connectivity index (χ1) is 9.00. The molecule has 2 unspecified atom stereocenters. The van der Waals surface area contributed by atoms with Gasteiger partial charge in [-0.25, -0.2) is 0 Å². The van der Waals surface area contributed by atoms with Crippen molar-refractivity contribution < 1.29 is 4.79 Å². The van der Waals surface area contributed by atoms with Crippen LogP contribution in [0.4, 0.5) is 5.69 Å². The van der Waals surface area contributed by atoms with Crippen LogP contribution in [0.1, 0.15) is 48.5 Å². The van der Waals surface area contributed by atoms with Crippen LogP contribution < -0.4 is 5.73 Å². The van der Waals surface area contributed by atoms with Gasteiger partial charge in [0.25, 0.3) is 5.91 Å². The molecule has 2 rings (SSSR count). The van der Waals surface area contributed by atoms with E-state index in [-0.39, 0.29) is 5.91 Å². The smallest absolute Gasteiger partial charge is 0.253 e. The normalized spacial score (nSPS) is 23.1. The van der Waals surface area contributed by atoms with E-state index < -0.39 is 0 Å². The first-order valence-electron chi connectivity index (χ1n) is 7.14. The molecule has 19 heavy (non-hydrogen) atoms. The summed E-state index contributed by atoms with van der Waals surface area (Å²) in [7, 11) is 1.92. The lowest BCUT2D eigenvalue weighted by atomic mass is 9.85. The van der Waals surface area contributed by atoms with Crippen molar-refractivity contribution in [3.63, 3.8) is 0 Å². The molecule has 104 valence electrons. The number of anilines is 1. The second kappa shape index (κ2) is 5.64. The van der Waals surface area contributed by atoms with Gasteiger partial charge in [0.05, 0.1) is 0 Å². The predicted molar refractivity (Wildman–Crippen MR) is 79.1 cm³/mol. The molecule has 1 aliphatic rings. The Labute approximate surface area is 115 Å². The van der Waals surface area contributed by atoms with Crippen LogP contribution in [0.15, 0.2) is 18.2 Å². The molecular weight excluding hydrogens is 236 g/mol. The van der Waals surface area contributed by atoms with Gasteiger partial charge in [-0.15, -0.1) is 0 Å². The van der Waals surface area contributed by atoms with Gasteiger partial charge in [0.2, 0.25) is 0 Å². The fourth-order valence-corrected chi connectivity index (χ4v) is 3.00. The largest absolute Gasteiger partial charge is 0.398 e. The van der Waals surface area contributed by atoms with Gasteiger partial charge in [0.1, 0.15) is 0 Å². The molecule has 1 amide bonds. The van der Waals surface area contributed by atoms with Crippen molar-refractivity contribution >= 4 is 11.6 Å². The second-order valence-corrected chi connectivity index (χ2v) is 5.82. The molecule has 1 saturated carbocycles. The van der Waals surface area contributed by atoms with Gasteiger partial charge in [0.15, 0.2) is 0 Å². The Morgan fingerprint density at radius 3 is 2.63 bits per heavy atom. The summed E-state index contributed by atoms with van der Waals surface area (Å²) in [6, 6.07) is 5.95. The van der Waals surface area contributed by atoms with Crippen molar-refractivity contribution in [1.82, 2.24) is 4.90 Å². The Balaban J connectivity index is 2.15. The summed E-state index contributed by atoms with van der Waals surface area (Å²) in [5.74, 6) is 0.677. The zero-order valence-electron chi connectivity index (χ0n) is 12.1. The molecule has 0 heterocycles. The highest BCUT2D eigenvalue weighted by atomic mass is 16.2. The van der Waals surface area contributed by atoms with E-state index in [9.17, 15) is 4.79 Å². The van der Waals surface area contributed by atoms with Gasteiger partial charge in [0, 0.05) is 24.3 Å².